The van der Waals surface area contributed by atoms with Crippen molar-refractivity contribution in [2.75, 3.05) is 6.61 Å². The lowest BCUT2D eigenvalue weighted by Gasteiger charge is -2.34. The molecule has 1 aliphatic heterocycles. The molecular weight excluding hydrogens is 260 g/mol. The highest BCUT2D eigenvalue weighted by atomic mass is 16.5. The molecule has 1 aliphatic carbocycles. The van der Waals surface area contributed by atoms with Crippen molar-refractivity contribution < 1.29 is 9.84 Å². The Kier molecular flexibility index (Phi) is 4.11. The normalized spacial score (nSPS) is 32.2. The van der Waals surface area contributed by atoms with Crippen LogP contribution in [0.1, 0.15) is 69.6 Å². The number of hydrogen-bond donors (Lipinski definition) is 1. The van der Waals surface area contributed by atoms with Gasteiger partial charge in [0.05, 0.1) is 18.3 Å². The van der Waals surface area contributed by atoms with Gasteiger partial charge in [0.2, 0.25) is 0 Å². The van der Waals surface area contributed by atoms with Gasteiger partial charge in [0.1, 0.15) is 0 Å². The molecule has 0 saturated heterocycles. The summed E-state index contributed by atoms with van der Waals surface area (Å²) in [6.45, 7) is 5.43. The van der Waals surface area contributed by atoms with Gasteiger partial charge in [-0.05, 0) is 48.6 Å². The highest BCUT2D eigenvalue weighted by Crippen LogP contribution is 2.43. The van der Waals surface area contributed by atoms with Gasteiger partial charge in [0.25, 0.3) is 0 Å². The van der Waals surface area contributed by atoms with Crippen LogP contribution in [0.4, 0.5) is 0 Å². The van der Waals surface area contributed by atoms with Crippen molar-refractivity contribution in [3.63, 3.8) is 0 Å². The molecule has 2 nitrogen and oxygen atoms in total. The lowest BCUT2D eigenvalue weighted by Crippen LogP contribution is -2.33. The van der Waals surface area contributed by atoms with E-state index >= 15 is 0 Å². The minimum atomic E-state index is -0.553. The van der Waals surface area contributed by atoms with E-state index in [4.69, 9.17) is 4.74 Å². The number of hydrogen-bond acceptors (Lipinski definition) is 2. The zero-order valence-electron chi connectivity index (χ0n) is 13.4. The third-order valence-corrected chi connectivity index (χ3v) is 5.42. The van der Waals surface area contributed by atoms with Crippen molar-refractivity contribution in [3.05, 3.63) is 35.4 Å². The topological polar surface area (TPSA) is 29.5 Å². The molecule has 1 aromatic carbocycles. The van der Waals surface area contributed by atoms with E-state index < -0.39 is 5.60 Å². The summed E-state index contributed by atoms with van der Waals surface area (Å²) in [4.78, 5) is 0. The maximum atomic E-state index is 11.1. The maximum Gasteiger partial charge on any atom is 0.0855 e. The second-order valence-electron chi connectivity index (χ2n) is 7.75. The lowest BCUT2D eigenvalue weighted by molar-refractivity contribution is -0.0547. The van der Waals surface area contributed by atoms with E-state index in [2.05, 4.69) is 38.1 Å². The van der Waals surface area contributed by atoms with Gasteiger partial charge in [-0.25, -0.2) is 0 Å². The third-order valence-electron chi connectivity index (χ3n) is 5.42. The minimum Gasteiger partial charge on any atom is -0.390 e. The Balaban J connectivity index is 1.74. The highest BCUT2D eigenvalue weighted by Gasteiger charge is 2.37. The smallest absolute Gasteiger partial charge is 0.0855 e. The SMILES string of the molecule is CC1(C)CCCC(O)(CC2OCCc3ccccc32)CC1. The van der Waals surface area contributed by atoms with Crippen LogP contribution in [0, 0.1) is 5.41 Å². The van der Waals surface area contributed by atoms with Crippen LogP contribution in [-0.4, -0.2) is 17.3 Å². The second kappa shape index (κ2) is 5.73. The molecule has 0 spiro atoms. The Morgan fingerprint density at radius 2 is 1.95 bits per heavy atom. The van der Waals surface area contributed by atoms with Crippen LogP contribution in [0.3, 0.4) is 0 Å². The molecule has 21 heavy (non-hydrogen) atoms. The molecule has 0 radical (unpaired) electrons. The average Bonchev–Trinajstić information content (AvgIpc) is 2.58. The standard InChI is InChI=1S/C19H28O2/c1-18(2)9-5-10-19(20,12-11-18)14-17-16-7-4-3-6-15(16)8-13-21-17/h3-4,6-7,17,20H,5,8-14H2,1-2H3. The molecule has 1 saturated carbocycles. The van der Waals surface area contributed by atoms with Crippen molar-refractivity contribution in [2.24, 2.45) is 5.41 Å². The first-order valence-electron chi connectivity index (χ1n) is 8.39. The van der Waals surface area contributed by atoms with Crippen LogP contribution in [0.5, 0.6) is 0 Å². The second-order valence-corrected chi connectivity index (χ2v) is 7.75. The van der Waals surface area contributed by atoms with Gasteiger partial charge in [-0.1, -0.05) is 44.5 Å². The van der Waals surface area contributed by atoms with Crippen molar-refractivity contribution in [1.82, 2.24) is 0 Å². The molecule has 0 aromatic heterocycles. The summed E-state index contributed by atoms with van der Waals surface area (Å²) in [5, 5.41) is 11.1. The summed E-state index contributed by atoms with van der Waals surface area (Å²) < 4.78 is 6.01. The van der Waals surface area contributed by atoms with Crippen LogP contribution in [0.25, 0.3) is 0 Å². The van der Waals surface area contributed by atoms with E-state index in [0.29, 0.717) is 5.41 Å². The zero-order chi connectivity index (χ0) is 14.9. The van der Waals surface area contributed by atoms with Crippen LogP contribution < -0.4 is 0 Å². The summed E-state index contributed by atoms with van der Waals surface area (Å²) in [6.07, 6.45) is 7.09. The Labute approximate surface area is 128 Å². The summed E-state index contributed by atoms with van der Waals surface area (Å²) >= 11 is 0. The number of ether oxygens (including phenoxy) is 1. The van der Waals surface area contributed by atoms with Gasteiger partial charge >= 0.3 is 0 Å². The molecule has 116 valence electrons. The first kappa shape index (κ1) is 15.1. The maximum absolute atomic E-state index is 11.1. The summed E-state index contributed by atoms with van der Waals surface area (Å²) in [6, 6.07) is 8.55. The molecular formula is C19H28O2. The van der Waals surface area contributed by atoms with Gasteiger partial charge in [-0.15, -0.1) is 0 Å². The Hall–Kier alpha value is -0.860. The minimum absolute atomic E-state index is 0.0705. The monoisotopic (exact) mass is 288 g/mol. The van der Waals surface area contributed by atoms with Crippen molar-refractivity contribution >= 4 is 0 Å². The van der Waals surface area contributed by atoms with Gasteiger partial charge < -0.3 is 9.84 Å². The van der Waals surface area contributed by atoms with Gasteiger partial charge in [-0.2, -0.15) is 0 Å². The molecule has 3 rings (SSSR count). The summed E-state index contributed by atoms with van der Waals surface area (Å²) in [7, 11) is 0. The average molecular weight is 288 g/mol. The molecule has 2 unspecified atom stereocenters. The fourth-order valence-electron chi connectivity index (χ4n) is 3.91. The molecule has 2 heteroatoms. The quantitative estimate of drug-likeness (QED) is 0.817. The lowest BCUT2D eigenvalue weighted by atomic mass is 9.81. The third kappa shape index (κ3) is 3.49. The van der Waals surface area contributed by atoms with Gasteiger partial charge in [0.15, 0.2) is 0 Å². The van der Waals surface area contributed by atoms with Crippen LogP contribution in [0.15, 0.2) is 24.3 Å². The van der Waals surface area contributed by atoms with E-state index in [1.165, 1.54) is 17.5 Å². The summed E-state index contributed by atoms with van der Waals surface area (Å²) in [5.74, 6) is 0. The molecule has 1 aromatic rings. The van der Waals surface area contributed by atoms with Crippen LogP contribution in [0.2, 0.25) is 0 Å². The predicted octanol–water partition coefficient (Wildman–Crippen LogP) is 4.41. The van der Waals surface area contributed by atoms with Crippen molar-refractivity contribution in [2.45, 2.75) is 70.5 Å². The highest BCUT2D eigenvalue weighted by molar-refractivity contribution is 5.31. The summed E-state index contributed by atoms with van der Waals surface area (Å²) in [5.41, 5.74) is 2.51. The van der Waals surface area contributed by atoms with E-state index in [9.17, 15) is 5.11 Å². The van der Waals surface area contributed by atoms with Crippen LogP contribution in [-0.2, 0) is 11.2 Å². The first-order chi connectivity index (χ1) is 9.98. The van der Waals surface area contributed by atoms with Crippen molar-refractivity contribution in [3.8, 4) is 0 Å². The molecule has 1 heterocycles. The Bertz CT molecular complexity index is 494. The van der Waals surface area contributed by atoms with E-state index in [0.717, 1.165) is 45.1 Å². The predicted molar refractivity (Wildman–Crippen MR) is 85.3 cm³/mol. The molecule has 2 atom stereocenters. The van der Waals surface area contributed by atoms with E-state index in [-0.39, 0.29) is 6.10 Å². The van der Waals surface area contributed by atoms with Gasteiger partial charge in [0, 0.05) is 6.42 Å². The molecule has 0 bridgehead atoms. The number of aliphatic hydroxyl groups is 1. The Morgan fingerprint density at radius 3 is 2.81 bits per heavy atom. The first-order valence-corrected chi connectivity index (χ1v) is 8.39. The van der Waals surface area contributed by atoms with E-state index in [1.807, 2.05) is 0 Å². The zero-order valence-corrected chi connectivity index (χ0v) is 13.4. The van der Waals surface area contributed by atoms with Crippen LogP contribution >= 0.6 is 0 Å². The number of benzene rings is 1. The fraction of sp³-hybridized carbons (Fsp3) is 0.684. The molecule has 2 aliphatic rings. The fourth-order valence-corrected chi connectivity index (χ4v) is 3.91. The molecule has 1 N–H and O–H groups in total. The molecule has 1 fully saturated rings. The largest absolute Gasteiger partial charge is 0.390 e. The number of rotatable bonds is 2. The van der Waals surface area contributed by atoms with Gasteiger partial charge in [-0.3, -0.25) is 0 Å². The van der Waals surface area contributed by atoms with E-state index in [1.54, 1.807) is 0 Å². The number of fused-ring (bicyclic) bond motifs is 1. The Morgan fingerprint density at radius 1 is 1.14 bits per heavy atom. The molecule has 0 amide bonds. The van der Waals surface area contributed by atoms with Crippen molar-refractivity contribution in [1.29, 1.82) is 0 Å².